The van der Waals surface area contributed by atoms with Crippen LogP contribution in [0.2, 0.25) is 0 Å². The summed E-state index contributed by atoms with van der Waals surface area (Å²) in [7, 11) is -3.36. The molecule has 2 heterocycles. The number of hydrogen-bond acceptors (Lipinski definition) is 5. The van der Waals surface area contributed by atoms with Gasteiger partial charge in [-0.2, -0.15) is 4.31 Å². The lowest BCUT2D eigenvalue weighted by Crippen LogP contribution is -2.46. The molecule has 1 N–H and O–H groups in total. The summed E-state index contributed by atoms with van der Waals surface area (Å²) in [5.74, 6) is -0.153. The number of rotatable bonds is 7. The highest BCUT2D eigenvalue weighted by molar-refractivity contribution is 7.89. The smallest absolute Gasteiger partial charge is 0.238 e. The van der Waals surface area contributed by atoms with Gasteiger partial charge in [0.2, 0.25) is 15.9 Å². The minimum Gasteiger partial charge on any atom is -0.349 e. The van der Waals surface area contributed by atoms with Crippen molar-refractivity contribution in [2.24, 2.45) is 0 Å². The second kappa shape index (κ2) is 8.28. The first-order valence-corrected chi connectivity index (χ1v) is 11.3. The van der Waals surface area contributed by atoms with E-state index in [-0.39, 0.29) is 11.7 Å². The number of thiazole rings is 1. The van der Waals surface area contributed by atoms with E-state index in [1.807, 2.05) is 42.6 Å². The molecule has 1 aliphatic rings. The molecule has 0 spiro atoms. The van der Waals surface area contributed by atoms with Crippen LogP contribution in [0.3, 0.4) is 0 Å². The molecule has 1 fully saturated rings. The van der Waals surface area contributed by atoms with Crippen LogP contribution in [0.1, 0.15) is 31.9 Å². The van der Waals surface area contributed by atoms with E-state index in [1.54, 1.807) is 0 Å². The second-order valence-corrected chi connectivity index (χ2v) is 9.21. The molecular weight excluding hydrogens is 370 g/mol. The molecule has 6 nitrogen and oxygen atoms in total. The summed E-state index contributed by atoms with van der Waals surface area (Å²) in [5.41, 5.74) is 1.82. The maximum absolute atomic E-state index is 12.5. The van der Waals surface area contributed by atoms with Crippen molar-refractivity contribution in [1.29, 1.82) is 0 Å². The fraction of sp³-hybridized carbons (Fsp3) is 0.444. The topological polar surface area (TPSA) is 79.4 Å². The third-order valence-corrected chi connectivity index (χ3v) is 7.36. The molecule has 0 aliphatic carbocycles. The van der Waals surface area contributed by atoms with E-state index < -0.39 is 16.1 Å². The Labute approximate surface area is 158 Å². The molecular formula is C18H23N3O3S2. The third kappa shape index (κ3) is 4.31. The number of hydrogen-bond donors (Lipinski definition) is 1. The lowest BCUT2D eigenvalue weighted by Gasteiger charge is -2.23. The molecule has 1 amide bonds. The van der Waals surface area contributed by atoms with Gasteiger partial charge in [0, 0.05) is 17.5 Å². The fourth-order valence-corrected chi connectivity index (χ4v) is 5.68. The van der Waals surface area contributed by atoms with Crippen LogP contribution in [0.15, 0.2) is 35.7 Å². The van der Waals surface area contributed by atoms with E-state index in [9.17, 15) is 13.2 Å². The molecule has 3 rings (SSSR count). The van der Waals surface area contributed by atoms with Crippen LogP contribution in [0.25, 0.3) is 10.6 Å². The van der Waals surface area contributed by atoms with Gasteiger partial charge in [-0.3, -0.25) is 4.79 Å². The molecule has 0 saturated carbocycles. The Bertz CT molecular complexity index is 850. The first-order valence-electron chi connectivity index (χ1n) is 8.78. The van der Waals surface area contributed by atoms with E-state index in [0.29, 0.717) is 25.9 Å². The standard InChI is InChI=1S/C18H23N3O3S2/c1-2-11-26(23,24)21-10-6-9-16(21)17(22)19-12-15-13-25-18(20-15)14-7-4-3-5-8-14/h3-5,7-8,13,16H,2,6,9-12H2,1H3,(H,19,22). The molecule has 26 heavy (non-hydrogen) atoms. The molecule has 0 radical (unpaired) electrons. The summed E-state index contributed by atoms with van der Waals surface area (Å²) in [5, 5.41) is 5.67. The highest BCUT2D eigenvalue weighted by Crippen LogP contribution is 2.24. The number of aromatic nitrogens is 1. The molecule has 140 valence electrons. The van der Waals surface area contributed by atoms with Crippen LogP contribution in [0, 0.1) is 0 Å². The van der Waals surface area contributed by atoms with E-state index in [1.165, 1.54) is 15.6 Å². The van der Waals surface area contributed by atoms with Crippen LogP contribution < -0.4 is 5.32 Å². The number of carbonyl (C=O) groups excluding carboxylic acids is 1. The van der Waals surface area contributed by atoms with Crippen LogP contribution in [-0.2, 0) is 21.4 Å². The predicted molar refractivity (Wildman–Crippen MR) is 103 cm³/mol. The van der Waals surface area contributed by atoms with Gasteiger partial charge in [0.1, 0.15) is 11.0 Å². The molecule has 1 unspecified atom stereocenters. The van der Waals surface area contributed by atoms with Crippen molar-refractivity contribution in [2.45, 2.75) is 38.8 Å². The number of nitrogens with one attached hydrogen (secondary N) is 1. The van der Waals surface area contributed by atoms with Crippen molar-refractivity contribution in [3.63, 3.8) is 0 Å². The number of nitrogens with zero attached hydrogens (tertiary/aromatic N) is 2. The van der Waals surface area contributed by atoms with Gasteiger partial charge in [-0.15, -0.1) is 11.3 Å². The number of carbonyl (C=O) groups is 1. The van der Waals surface area contributed by atoms with Crippen LogP contribution >= 0.6 is 11.3 Å². The van der Waals surface area contributed by atoms with E-state index in [0.717, 1.165) is 22.7 Å². The molecule has 1 saturated heterocycles. The SMILES string of the molecule is CCCS(=O)(=O)N1CCCC1C(=O)NCc1csc(-c2ccccc2)n1. The zero-order valence-electron chi connectivity index (χ0n) is 14.7. The van der Waals surface area contributed by atoms with Gasteiger partial charge in [0.05, 0.1) is 18.0 Å². The van der Waals surface area contributed by atoms with E-state index >= 15 is 0 Å². The summed E-state index contributed by atoms with van der Waals surface area (Å²) in [6.45, 7) is 2.56. The van der Waals surface area contributed by atoms with Gasteiger partial charge in [-0.05, 0) is 19.3 Å². The lowest BCUT2D eigenvalue weighted by atomic mass is 10.2. The Morgan fingerprint density at radius 1 is 1.35 bits per heavy atom. The number of amides is 1. The summed E-state index contributed by atoms with van der Waals surface area (Å²) >= 11 is 1.53. The number of benzene rings is 1. The minimum atomic E-state index is -3.36. The van der Waals surface area contributed by atoms with Gasteiger partial charge in [0.15, 0.2) is 0 Å². The van der Waals surface area contributed by atoms with Crippen molar-refractivity contribution in [2.75, 3.05) is 12.3 Å². The van der Waals surface area contributed by atoms with Crippen molar-refractivity contribution in [3.05, 3.63) is 41.4 Å². The lowest BCUT2D eigenvalue weighted by molar-refractivity contribution is -0.124. The summed E-state index contributed by atoms with van der Waals surface area (Å²) in [6, 6.07) is 9.27. The minimum absolute atomic E-state index is 0.0866. The largest absolute Gasteiger partial charge is 0.349 e. The summed E-state index contributed by atoms with van der Waals surface area (Å²) < 4.78 is 26.0. The van der Waals surface area contributed by atoms with E-state index in [2.05, 4.69) is 10.3 Å². The van der Waals surface area contributed by atoms with E-state index in [4.69, 9.17) is 0 Å². The molecule has 2 aromatic rings. The zero-order valence-corrected chi connectivity index (χ0v) is 16.4. The normalized spacial score (nSPS) is 18.1. The Morgan fingerprint density at radius 2 is 2.12 bits per heavy atom. The van der Waals surface area contributed by atoms with Crippen molar-refractivity contribution in [1.82, 2.24) is 14.6 Å². The molecule has 1 aliphatic heterocycles. The maximum atomic E-state index is 12.5. The quantitative estimate of drug-likeness (QED) is 0.784. The molecule has 1 aromatic carbocycles. The third-order valence-electron chi connectivity index (χ3n) is 4.34. The average Bonchev–Trinajstić information content (AvgIpc) is 3.30. The van der Waals surface area contributed by atoms with Gasteiger partial charge in [-0.1, -0.05) is 37.3 Å². The average molecular weight is 394 g/mol. The predicted octanol–water partition coefficient (Wildman–Crippen LogP) is 2.63. The van der Waals surface area contributed by atoms with Gasteiger partial charge in [-0.25, -0.2) is 13.4 Å². The fourth-order valence-electron chi connectivity index (χ4n) is 3.11. The summed E-state index contributed by atoms with van der Waals surface area (Å²) in [4.78, 5) is 17.1. The number of sulfonamides is 1. The zero-order chi connectivity index (χ0) is 18.6. The first kappa shape index (κ1) is 19.0. The molecule has 8 heteroatoms. The van der Waals surface area contributed by atoms with Crippen molar-refractivity contribution in [3.8, 4) is 10.6 Å². The van der Waals surface area contributed by atoms with Crippen LogP contribution in [0.5, 0.6) is 0 Å². The van der Waals surface area contributed by atoms with Crippen molar-refractivity contribution >= 4 is 27.3 Å². The molecule has 0 bridgehead atoms. The van der Waals surface area contributed by atoms with Gasteiger partial charge < -0.3 is 5.32 Å². The first-order chi connectivity index (χ1) is 12.5. The Kier molecular flexibility index (Phi) is 6.05. The van der Waals surface area contributed by atoms with Crippen LogP contribution in [-0.4, -0.2) is 42.0 Å². The second-order valence-electron chi connectivity index (χ2n) is 6.31. The monoisotopic (exact) mass is 393 g/mol. The Morgan fingerprint density at radius 3 is 2.85 bits per heavy atom. The highest BCUT2D eigenvalue weighted by Gasteiger charge is 2.37. The van der Waals surface area contributed by atoms with Gasteiger partial charge in [0.25, 0.3) is 0 Å². The Balaban J connectivity index is 1.61. The van der Waals surface area contributed by atoms with Crippen LogP contribution in [0.4, 0.5) is 0 Å². The van der Waals surface area contributed by atoms with Gasteiger partial charge >= 0.3 is 0 Å². The highest BCUT2D eigenvalue weighted by atomic mass is 32.2. The summed E-state index contributed by atoms with van der Waals surface area (Å²) in [6.07, 6.45) is 1.84. The Hall–Kier alpha value is -1.77. The maximum Gasteiger partial charge on any atom is 0.238 e. The molecule has 1 atom stereocenters. The van der Waals surface area contributed by atoms with Crippen molar-refractivity contribution < 1.29 is 13.2 Å². The molecule has 1 aromatic heterocycles.